The Morgan fingerprint density at radius 2 is 1.50 bits per heavy atom. The second kappa shape index (κ2) is 8.81. The SMILES string of the molecule is CC(NC(=O)c1ccc(Cl)c(NS(=O)(=O)c2ccc(F)cc2)c1)c1ccc(F)cc1. The van der Waals surface area contributed by atoms with E-state index in [4.69, 9.17) is 11.6 Å². The standard InChI is InChI=1S/C21H17ClF2N2O3S/c1-13(14-2-5-16(23)6-3-14)25-21(27)15-4-11-19(22)20(12-15)26-30(28,29)18-9-7-17(24)8-10-18/h2-13,26H,1H3,(H,25,27). The predicted octanol–water partition coefficient (Wildman–Crippen LogP) is 4.91. The van der Waals surface area contributed by atoms with E-state index in [1.807, 2.05) is 0 Å². The van der Waals surface area contributed by atoms with Gasteiger partial charge in [-0.15, -0.1) is 0 Å². The summed E-state index contributed by atoms with van der Waals surface area (Å²) in [6, 6.07) is 13.7. The molecule has 3 aromatic carbocycles. The van der Waals surface area contributed by atoms with Crippen LogP contribution in [0.25, 0.3) is 0 Å². The summed E-state index contributed by atoms with van der Waals surface area (Å²) in [6.45, 7) is 1.74. The van der Waals surface area contributed by atoms with Gasteiger partial charge in [0.05, 0.1) is 21.6 Å². The summed E-state index contributed by atoms with van der Waals surface area (Å²) in [6.07, 6.45) is 0. The number of benzene rings is 3. The van der Waals surface area contributed by atoms with Crippen molar-refractivity contribution >= 4 is 33.2 Å². The zero-order valence-electron chi connectivity index (χ0n) is 15.7. The van der Waals surface area contributed by atoms with E-state index in [9.17, 15) is 22.0 Å². The Morgan fingerprint density at radius 1 is 0.933 bits per heavy atom. The summed E-state index contributed by atoms with van der Waals surface area (Å²) in [7, 11) is -4.03. The molecule has 156 valence electrons. The van der Waals surface area contributed by atoms with Crippen LogP contribution in [0.1, 0.15) is 28.9 Å². The topological polar surface area (TPSA) is 75.3 Å². The normalized spacial score (nSPS) is 12.3. The van der Waals surface area contributed by atoms with Crippen LogP contribution in [0.4, 0.5) is 14.5 Å². The van der Waals surface area contributed by atoms with Gasteiger partial charge >= 0.3 is 0 Å². The minimum absolute atomic E-state index is 0.00285. The summed E-state index contributed by atoms with van der Waals surface area (Å²) in [4.78, 5) is 12.4. The van der Waals surface area contributed by atoms with Crippen molar-refractivity contribution in [3.05, 3.63) is 94.5 Å². The van der Waals surface area contributed by atoms with Crippen molar-refractivity contribution in [3.8, 4) is 0 Å². The zero-order valence-corrected chi connectivity index (χ0v) is 17.3. The monoisotopic (exact) mass is 450 g/mol. The number of anilines is 1. The average Bonchev–Trinajstić information content (AvgIpc) is 2.70. The maximum absolute atomic E-state index is 13.1. The van der Waals surface area contributed by atoms with Crippen molar-refractivity contribution in [1.29, 1.82) is 0 Å². The van der Waals surface area contributed by atoms with Crippen molar-refractivity contribution in [2.45, 2.75) is 17.9 Å². The zero-order chi connectivity index (χ0) is 21.9. The first-order valence-corrected chi connectivity index (χ1v) is 10.7. The maximum Gasteiger partial charge on any atom is 0.261 e. The van der Waals surface area contributed by atoms with Crippen LogP contribution < -0.4 is 10.0 Å². The highest BCUT2D eigenvalue weighted by Crippen LogP contribution is 2.26. The lowest BCUT2D eigenvalue weighted by atomic mass is 10.1. The Balaban J connectivity index is 1.79. The molecule has 0 spiro atoms. The van der Waals surface area contributed by atoms with E-state index >= 15 is 0 Å². The highest BCUT2D eigenvalue weighted by molar-refractivity contribution is 7.92. The van der Waals surface area contributed by atoms with E-state index in [1.54, 1.807) is 19.1 Å². The van der Waals surface area contributed by atoms with Crippen molar-refractivity contribution in [3.63, 3.8) is 0 Å². The van der Waals surface area contributed by atoms with Gasteiger partial charge in [-0.3, -0.25) is 9.52 Å². The fourth-order valence-electron chi connectivity index (χ4n) is 2.68. The predicted molar refractivity (Wildman–Crippen MR) is 111 cm³/mol. The summed E-state index contributed by atoms with van der Waals surface area (Å²) in [5.41, 5.74) is 0.879. The van der Waals surface area contributed by atoms with Crippen LogP contribution in [0.5, 0.6) is 0 Å². The van der Waals surface area contributed by atoms with Gasteiger partial charge in [0.2, 0.25) is 0 Å². The fraction of sp³-hybridized carbons (Fsp3) is 0.0952. The molecule has 0 fully saturated rings. The molecule has 0 heterocycles. The number of hydrogen-bond acceptors (Lipinski definition) is 3. The van der Waals surface area contributed by atoms with E-state index in [-0.39, 0.29) is 27.0 Å². The van der Waals surface area contributed by atoms with Crippen molar-refractivity contribution in [2.24, 2.45) is 0 Å². The Kier molecular flexibility index (Phi) is 6.38. The van der Waals surface area contributed by atoms with Crippen molar-refractivity contribution < 1.29 is 22.0 Å². The van der Waals surface area contributed by atoms with Crippen LogP contribution in [-0.4, -0.2) is 14.3 Å². The molecule has 0 saturated carbocycles. The van der Waals surface area contributed by atoms with Gasteiger partial charge in [-0.05, 0) is 67.1 Å². The fourth-order valence-corrected chi connectivity index (χ4v) is 3.97. The van der Waals surface area contributed by atoms with Gasteiger partial charge in [0.25, 0.3) is 15.9 Å². The van der Waals surface area contributed by atoms with E-state index in [1.165, 1.54) is 30.3 Å². The lowest BCUT2D eigenvalue weighted by Gasteiger charge is -2.16. The maximum atomic E-state index is 13.1. The minimum atomic E-state index is -4.03. The van der Waals surface area contributed by atoms with Crippen LogP contribution in [0.3, 0.4) is 0 Å². The van der Waals surface area contributed by atoms with Crippen LogP contribution in [0.15, 0.2) is 71.6 Å². The quantitative estimate of drug-likeness (QED) is 0.560. The highest BCUT2D eigenvalue weighted by Gasteiger charge is 2.18. The van der Waals surface area contributed by atoms with Crippen LogP contribution in [0.2, 0.25) is 5.02 Å². The number of carbonyl (C=O) groups excluding carboxylic acids is 1. The Morgan fingerprint density at radius 3 is 2.10 bits per heavy atom. The average molecular weight is 451 g/mol. The molecule has 0 radical (unpaired) electrons. The van der Waals surface area contributed by atoms with E-state index in [0.29, 0.717) is 5.56 Å². The molecular formula is C21H17ClF2N2O3S. The molecule has 2 N–H and O–H groups in total. The third-order valence-electron chi connectivity index (χ3n) is 4.31. The molecule has 1 amide bonds. The summed E-state index contributed by atoms with van der Waals surface area (Å²) < 4.78 is 53.4. The molecular weight excluding hydrogens is 434 g/mol. The first-order valence-electron chi connectivity index (χ1n) is 8.80. The number of carbonyl (C=O) groups is 1. The smallest absolute Gasteiger partial charge is 0.261 e. The van der Waals surface area contributed by atoms with Crippen molar-refractivity contribution in [1.82, 2.24) is 5.32 Å². The molecule has 3 aromatic rings. The molecule has 5 nitrogen and oxygen atoms in total. The lowest BCUT2D eigenvalue weighted by molar-refractivity contribution is 0.0940. The number of rotatable bonds is 6. The Hall–Kier alpha value is -2.97. The molecule has 30 heavy (non-hydrogen) atoms. The highest BCUT2D eigenvalue weighted by atomic mass is 35.5. The minimum Gasteiger partial charge on any atom is -0.346 e. The Labute approximate surface area is 177 Å². The van der Waals surface area contributed by atoms with Crippen LogP contribution in [0, 0.1) is 11.6 Å². The van der Waals surface area contributed by atoms with Gasteiger partial charge in [0.1, 0.15) is 11.6 Å². The number of halogens is 3. The molecule has 0 aromatic heterocycles. The molecule has 3 rings (SSSR count). The number of hydrogen-bond donors (Lipinski definition) is 2. The Bertz CT molecular complexity index is 1170. The van der Waals surface area contributed by atoms with Gasteiger partial charge in [-0.25, -0.2) is 17.2 Å². The molecule has 0 aliphatic heterocycles. The van der Waals surface area contributed by atoms with E-state index in [0.717, 1.165) is 24.3 Å². The van der Waals surface area contributed by atoms with Gasteiger partial charge in [0, 0.05) is 5.56 Å². The first kappa shape index (κ1) is 21.7. The van der Waals surface area contributed by atoms with Gasteiger partial charge < -0.3 is 5.32 Å². The van der Waals surface area contributed by atoms with Crippen LogP contribution in [-0.2, 0) is 10.0 Å². The van der Waals surface area contributed by atoms with Crippen LogP contribution >= 0.6 is 11.6 Å². The van der Waals surface area contributed by atoms with Gasteiger partial charge in [-0.1, -0.05) is 23.7 Å². The first-order chi connectivity index (χ1) is 14.2. The molecule has 1 unspecified atom stereocenters. The number of amides is 1. The molecule has 0 bridgehead atoms. The molecule has 0 aliphatic rings. The lowest BCUT2D eigenvalue weighted by Crippen LogP contribution is -2.26. The summed E-state index contributed by atoms with van der Waals surface area (Å²) in [5, 5.41) is 2.84. The molecule has 0 saturated heterocycles. The second-order valence-corrected chi connectivity index (χ2v) is 8.59. The van der Waals surface area contributed by atoms with Crippen molar-refractivity contribution in [2.75, 3.05) is 4.72 Å². The molecule has 9 heteroatoms. The van der Waals surface area contributed by atoms with E-state index in [2.05, 4.69) is 10.0 Å². The van der Waals surface area contributed by atoms with E-state index < -0.39 is 27.8 Å². The largest absolute Gasteiger partial charge is 0.346 e. The van der Waals surface area contributed by atoms with Gasteiger partial charge in [-0.2, -0.15) is 0 Å². The number of nitrogens with one attached hydrogen (secondary N) is 2. The number of sulfonamides is 1. The summed E-state index contributed by atoms with van der Waals surface area (Å²) in [5.74, 6) is -1.42. The third-order valence-corrected chi connectivity index (χ3v) is 6.03. The molecule has 1 atom stereocenters. The summed E-state index contributed by atoms with van der Waals surface area (Å²) >= 11 is 6.08. The van der Waals surface area contributed by atoms with Gasteiger partial charge in [0.15, 0.2) is 0 Å². The second-order valence-electron chi connectivity index (χ2n) is 6.50. The molecule has 0 aliphatic carbocycles. The third kappa shape index (κ3) is 5.14.